The summed E-state index contributed by atoms with van der Waals surface area (Å²) >= 11 is 0. The molecule has 1 atom stereocenters. The number of hydrogen-bond donors (Lipinski definition) is 2. The van der Waals surface area contributed by atoms with Crippen molar-refractivity contribution < 1.29 is 21.8 Å². The fraction of sp³-hybridized carbons (Fsp3) is 0.231. The van der Waals surface area contributed by atoms with E-state index in [-0.39, 0.29) is 4.90 Å². The van der Waals surface area contributed by atoms with Crippen molar-refractivity contribution in [1.29, 1.82) is 0 Å². The van der Waals surface area contributed by atoms with Gasteiger partial charge in [-0.15, -0.1) is 0 Å². The Bertz CT molecular complexity index is 851. The van der Waals surface area contributed by atoms with Crippen LogP contribution in [0, 0.1) is 0 Å². The third-order valence-electron chi connectivity index (χ3n) is 3.06. The van der Waals surface area contributed by atoms with Crippen LogP contribution in [-0.4, -0.2) is 33.7 Å². The van der Waals surface area contributed by atoms with E-state index in [0.29, 0.717) is 10.8 Å². The molecule has 0 spiro atoms. The third kappa shape index (κ3) is 3.31. The maximum Gasteiger partial charge on any atom is 0.356 e. The maximum atomic E-state index is 12.3. The molecule has 22 heavy (non-hydrogen) atoms. The minimum atomic E-state index is -4.41. The van der Waals surface area contributed by atoms with E-state index >= 15 is 0 Å². The predicted octanol–water partition coefficient (Wildman–Crippen LogP) is 1.71. The fourth-order valence-corrected chi connectivity index (χ4v) is 4.58. The topological polar surface area (TPSA) is 110 Å². The number of hydrogen-bond acceptors (Lipinski definition) is 6. The summed E-state index contributed by atoms with van der Waals surface area (Å²) in [6.45, 7) is 0. The zero-order chi connectivity index (χ0) is 16.5. The van der Waals surface area contributed by atoms with Gasteiger partial charge in [-0.3, -0.25) is 4.57 Å². The second-order valence-corrected chi connectivity index (χ2v) is 8.46. The first kappa shape index (κ1) is 16.9. The van der Waals surface area contributed by atoms with Crippen LogP contribution in [0.25, 0.3) is 10.8 Å². The van der Waals surface area contributed by atoms with E-state index in [4.69, 9.17) is 5.73 Å². The zero-order valence-electron chi connectivity index (χ0n) is 12.1. The zero-order valence-corrected chi connectivity index (χ0v) is 13.8. The van der Waals surface area contributed by atoms with Gasteiger partial charge in [0.05, 0.1) is 6.29 Å². The van der Waals surface area contributed by atoms with E-state index in [0.717, 1.165) is 5.69 Å². The van der Waals surface area contributed by atoms with Crippen LogP contribution >= 0.6 is 7.60 Å². The Balaban J connectivity index is 2.67. The molecule has 0 amide bonds. The van der Waals surface area contributed by atoms with Gasteiger partial charge in [-0.05, 0) is 12.1 Å². The van der Waals surface area contributed by atoms with Crippen molar-refractivity contribution in [1.82, 2.24) is 0 Å². The van der Waals surface area contributed by atoms with Crippen LogP contribution in [0.5, 0.6) is 0 Å². The summed E-state index contributed by atoms with van der Waals surface area (Å²) in [5.74, 6) is 0. The van der Waals surface area contributed by atoms with Crippen molar-refractivity contribution in [3.8, 4) is 0 Å². The van der Waals surface area contributed by atoms with Gasteiger partial charge in [0.25, 0.3) is 0 Å². The minimum absolute atomic E-state index is 0.170. The van der Waals surface area contributed by atoms with Crippen molar-refractivity contribution in [2.45, 2.75) is 4.90 Å². The lowest BCUT2D eigenvalue weighted by atomic mass is 10.1. The smallest absolute Gasteiger partial charge is 0.356 e. The van der Waals surface area contributed by atoms with Crippen LogP contribution in [0.4, 0.5) is 5.69 Å². The largest absolute Gasteiger partial charge is 0.377 e. The number of rotatable bonds is 5. The second-order valence-electron chi connectivity index (χ2n) is 4.87. The molecule has 2 aromatic carbocycles. The lowest BCUT2D eigenvalue weighted by Gasteiger charge is -2.17. The van der Waals surface area contributed by atoms with E-state index < -0.39 is 24.0 Å². The summed E-state index contributed by atoms with van der Waals surface area (Å²) in [6, 6.07) is 9.81. The highest BCUT2D eigenvalue weighted by molar-refractivity contribution is 7.91. The highest BCUT2D eigenvalue weighted by Crippen LogP contribution is 2.44. The molecule has 9 heteroatoms. The van der Waals surface area contributed by atoms with E-state index in [1.807, 2.05) is 25.1 Å². The molecule has 3 N–H and O–H groups in total. The summed E-state index contributed by atoms with van der Waals surface area (Å²) in [7, 11) is -5.13. The van der Waals surface area contributed by atoms with Crippen LogP contribution in [0.2, 0.25) is 0 Å². The molecule has 0 aliphatic rings. The van der Waals surface area contributed by atoms with Gasteiger partial charge in [0.2, 0.25) is 0 Å². The standard InChI is InChI=1S/C13H17N2O5PS/c1-15(2)12-7-3-6-11-10(12)5-4-8-13(11)22(18,19)20-21(16,17)9-14/h3-8H,9,14H2,1-2H3,(H,16,17). The quantitative estimate of drug-likeness (QED) is 0.795. The molecule has 0 saturated heterocycles. The van der Waals surface area contributed by atoms with Crippen LogP contribution in [0.15, 0.2) is 41.3 Å². The molecule has 0 aliphatic heterocycles. The van der Waals surface area contributed by atoms with E-state index in [9.17, 15) is 17.9 Å². The van der Waals surface area contributed by atoms with Gasteiger partial charge in [0.1, 0.15) is 4.90 Å². The third-order valence-corrected chi connectivity index (χ3v) is 6.13. The Morgan fingerprint density at radius 2 is 1.77 bits per heavy atom. The summed E-state index contributed by atoms with van der Waals surface area (Å²) in [4.78, 5) is 11.0. The Morgan fingerprint density at radius 3 is 2.36 bits per heavy atom. The van der Waals surface area contributed by atoms with Crippen LogP contribution in [0.1, 0.15) is 0 Å². The van der Waals surface area contributed by atoms with Crippen LogP contribution in [-0.2, 0) is 18.7 Å². The van der Waals surface area contributed by atoms with Gasteiger partial charge in [-0.1, -0.05) is 24.3 Å². The monoisotopic (exact) mass is 344 g/mol. The Kier molecular flexibility index (Phi) is 4.60. The van der Waals surface area contributed by atoms with Gasteiger partial charge in [0, 0.05) is 30.6 Å². The highest BCUT2D eigenvalue weighted by atomic mass is 32.2. The summed E-state index contributed by atoms with van der Waals surface area (Å²) in [5, 5.41) is 1.10. The molecular weight excluding hydrogens is 327 g/mol. The molecule has 2 rings (SSSR count). The van der Waals surface area contributed by atoms with Gasteiger partial charge >= 0.3 is 17.7 Å². The molecule has 2 aromatic rings. The number of fused-ring (bicyclic) bond motifs is 1. The molecule has 1 unspecified atom stereocenters. The maximum absolute atomic E-state index is 12.3. The molecule has 120 valence electrons. The van der Waals surface area contributed by atoms with E-state index in [2.05, 4.69) is 3.97 Å². The number of benzene rings is 2. The Labute approximate surface area is 129 Å². The van der Waals surface area contributed by atoms with Crippen molar-refractivity contribution in [2.75, 3.05) is 25.3 Å². The van der Waals surface area contributed by atoms with Gasteiger partial charge in [-0.25, -0.2) is 0 Å². The first-order valence-corrected chi connectivity index (χ1v) is 9.52. The summed E-state index contributed by atoms with van der Waals surface area (Å²) in [6.07, 6.45) is -0.778. The molecular formula is C13H17N2O5PS. The average Bonchev–Trinajstić information content (AvgIpc) is 2.44. The van der Waals surface area contributed by atoms with Crippen LogP contribution < -0.4 is 10.6 Å². The van der Waals surface area contributed by atoms with Gasteiger partial charge < -0.3 is 15.5 Å². The fourth-order valence-electron chi connectivity index (χ4n) is 2.10. The molecule has 0 aliphatic carbocycles. The number of nitrogens with zero attached hydrogens (tertiary/aromatic N) is 1. The SMILES string of the molecule is CN(C)c1cccc2c(S(=O)(=O)OP(=O)(O)CN)cccc12. The van der Waals surface area contributed by atoms with Crippen LogP contribution in [0.3, 0.4) is 0 Å². The molecule has 0 saturated carbocycles. The van der Waals surface area contributed by atoms with Crippen molar-refractivity contribution in [2.24, 2.45) is 5.73 Å². The molecule has 7 nitrogen and oxygen atoms in total. The van der Waals surface area contributed by atoms with E-state index in [1.165, 1.54) is 6.07 Å². The summed E-state index contributed by atoms with van der Waals surface area (Å²) in [5.41, 5.74) is 5.88. The van der Waals surface area contributed by atoms with Gasteiger partial charge in [0.15, 0.2) is 0 Å². The van der Waals surface area contributed by atoms with Gasteiger partial charge in [-0.2, -0.15) is 12.4 Å². The molecule has 0 fully saturated rings. The first-order valence-electron chi connectivity index (χ1n) is 6.35. The summed E-state index contributed by atoms with van der Waals surface area (Å²) < 4.78 is 40.5. The van der Waals surface area contributed by atoms with Crippen molar-refractivity contribution in [3.63, 3.8) is 0 Å². The molecule has 0 radical (unpaired) electrons. The normalized spacial score (nSPS) is 14.7. The predicted molar refractivity (Wildman–Crippen MR) is 85.4 cm³/mol. The lowest BCUT2D eigenvalue weighted by Crippen LogP contribution is -2.11. The minimum Gasteiger partial charge on any atom is -0.377 e. The number of nitrogens with two attached hydrogens (primary N) is 1. The molecule has 0 aromatic heterocycles. The lowest BCUT2D eigenvalue weighted by molar-refractivity contribution is 0.377. The number of anilines is 1. The van der Waals surface area contributed by atoms with Crippen molar-refractivity contribution in [3.05, 3.63) is 36.4 Å². The average molecular weight is 344 g/mol. The second kappa shape index (κ2) is 5.98. The highest BCUT2D eigenvalue weighted by Gasteiger charge is 2.29. The Hall–Kier alpha value is -1.44. The molecule has 0 bridgehead atoms. The van der Waals surface area contributed by atoms with E-state index in [1.54, 1.807) is 24.3 Å². The first-order chi connectivity index (χ1) is 10.2. The van der Waals surface area contributed by atoms with Crippen molar-refractivity contribution >= 4 is 34.2 Å². The molecule has 0 heterocycles. The Morgan fingerprint density at radius 1 is 1.18 bits per heavy atom.